The molecular weight excluding hydrogens is 330 g/mol. The zero-order valence-electron chi connectivity index (χ0n) is 16.7. The van der Waals surface area contributed by atoms with Gasteiger partial charge in [-0.3, -0.25) is 0 Å². The smallest absolute Gasteiger partial charge is 0.410 e. The summed E-state index contributed by atoms with van der Waals surface area (Å²) in [6.07, 6.45) is 5.91. The lowest BCUT2D eigenvalue weighted by Gasteiger charge is -2.34. The van der Waals surface area contributed by atoms with Crippen LogP contribution in [0.2, 0.25) is 0 Å². The van der Waals surface area contributed by atoms with Gasteiger partial charge in [0.15, 0.2) is 0 Å². The highest BCUT2D eigenvalue weighted by molar-refractivity contribution is 5.68. The summed E-state index contributed by atoms with van der Waals surface area (Å²) in [4.78, 5) is 18.2. The first-order valence-corrected chi connectivity index (χ1v) is 9.72. The Bertz CT molecular complexity index is 601. The van der Waals surface area contributed by atoms with Gasteiger partial charge in [0.05, 0.1) is 6.10 Å². The number of nitrogens with two attached hydrogens (primary N) is 1. The molecule has 0 aromatic carbocycles. The minimum Gasteiger partial charge on any atom is -0.490 e. The number of nitrogen functional groups attached to an aromatic ring is 1. The molecule has 0 bridgehead atoms. The Morgan fingerprint density at radius 2 is 1.81 bits per heavy atom. The first kappa shape index (κ1) is 20.3. The maximum Gasteiger partial charge on any atom is 0.410 e. The predicted octanol–water partition coefficient (Wildman–Crippen LogP) is 4.35. The van der Waals surface area contributed by atoms with Crippen LogP contribution in [0.15, 0.2) is 12.3 Å². The van der Waals surface area contributed by atoms with Gasteiger partial charge in [-0.2, -0.15) is 0 Å². The molecule has 1 aromatic rings. The summed E-state index contributed by atoms with van der Waals surface area (Å²) in [6, 6.07) is 1.83. The van der Waals surface area contributed by atoms with E-state index < -0.39 is 5.60 Å². The van der Waals surface area contributed by atoms with Crippen molar-refractivity contribution in [2.24, 2.45) is 0 Å². The molecule has 6 nitrogen and oxygen atoms in total. The highest BCUT2D eigenvalue weighted by atomic mass is 16.6. The van der Waals surface area contributed by atoms with Crippen molar-refractivity contribution in [3.05, 3.63) is 17.8 Å². The zero-order chi connectivity index (χ0) is 19.3. The molecule has 1 saturated carbocycles. The fraction of sp³-hybridized carbons (Fsp3) is 0.700. The fourth-order valence-electron chi connectivity index (χ4n) is 2.94. The average molecular weight is 364 g/mol. The van der Waals surface area contributed by atoms with Gasteiger partial charge in [0, 0.05) is 30.9 Å². The highest BCUT2D eigenvalue weighted by Crippen LogP contribution is 2.37. The number of nitrogens with zero attached hydrogens (tertiary/aromatic N) is 2. The van der Waals surface area contributed by atoms with Crippen LogP contribution in [0.4, 0.5) is 10.6 Å². The van der Waals surface area contributed by atoms with Crippen molar-refractivity contribution < 1.29 is 14.3 Å². The van der Waals surface area contributed by atoms with E-state index in [2.05, 4.69) is 4.98 Å². The number of anilines is 1. The standard InChI is InChI=1S/C18H27N3O3.C2H6/c1-18(2,3)24-17(22)21-8-6-12(7-9-21)14-11-20-16(19)10-15(14)23-13-4-5-13;1-2/h10-13H,4-9H2,1-3H3,(H2,19,20);1-2H3. The monoisotopic (exact) mass is 363 g/mol. The number of pyridine rings is 1. The van der Waals surface area contributed by atoms with Crippen LogP contribution in [-0.4, -0.2) is 40.8 Å². The number of ether oxygens (including phenoxy) is 2. The summed E-state index contributed by atoms with van der Waals surface area (Å²) >= 11 is 0. The summed E-state index contributed by atoms with van der Waals surface area (Å²) in [6.45, 7) is 11.0. The van der Waals surface area contributed by atoms with Crippen LogP contribution in [0.25, 0.3) is 0 Å². The fourth-order valence-corrected chi connectivity index (χ4v) is 2.94. The van der Waals surface area contributed by atoms with E-state index in [1.54, 1.807) is 4.90 Å². The third kappa shape index (κ3) is 5.78. The second-order valence-corrected chi connectivity index (χ2v) is 7.71. The second kappa shape index (κ2) is 8.60. The van der Waals surface area contributed by atoms with Crippen LogP contribution in [0, 0.1) is 0 Å². The van der Waals surface area contributed by atoms with Gasteiger partial charge in [0.25, 0.3) is 0 Å². The van der Waals surface area contributed by atoms with Crippen LogP contribution < -0.4 is 10.5 Å². The van der Waals surface area contributed by atoms with E-state index in [1.807, 2.05) is 46.9 Å². The molecule has 0 atom stereocenters. The van der Waals surface area contributed by atoms with E-state index in [0.717, 1.165) is 37.0 Å². The number of hydrogen-bond donors (Lipinski definition) is 1. The SMILES string of the molecule is CC.CC(C)(C)OC(=O)N1CCC(c2cnc(N)cc2OC2CC2)CC1. The predicted molar refractivity (Wildman–Crippen MR) is 103 cm³/mol. The Hall–Kier alpha value is -1.98. The van der Waals surface area contributed by atoms with Crippen molar-refractivity contribution in [1.29, 1.82) is 0 Å². The number of rotatable bonds is 3. The summed E-state index contributed by atoms with van der Waals surface area (Å²) < 4.78 is 11.5. The number of hydrogen-bond acceptors (Lipinski definition) is 5. The van der Waals surface area contributed by atoms with Gasteiger partial charge in [-0.15, -0.1) is 0 Å². The van der Waals surface area contributed by atoms with Crippen molar-refractivity contribution in [3.63, 3.8) is 0 Å². The van der Waals surface area contributed by atoms with Crippen LogP contribution in [0.3, 0.4) is 0 Å². The minimum atomic E-state index is -0.458. The lowest BCUT2D eigenvalue weighted by Crippen LogP contribution is -2.41. The third-order valence-corrected chi connectivity index (χ3v) is 4.32. The van der Waals surface area contributed by atoms with Crippen LogP contribution in [0.1, 0.15) is 71.8 Å². The molecule has 1 amide bonds. The van der Waals surface area contributed by atoms with Gasteiger partial charge in [-0.1, -0.05) is 13.8 Å². The van der Waals surface area contributed by atoms with Crippen LogP contribution in [0.5, 0.6) is 5.75 Å². The maximum atomic E-state index is 12.2. The van der Waals surface area contributed by atoms with E-state index >= 15 is 0 Å². The molecule has 146 valence electrons. The lowest BCUT2D eigenvalue weighted by molar-refractivity contribution is 0.0204. The summed E-state index contributed by atoms with van der Waals surface area (Å²) in [5.41, 5.74) is 6.47. The Balaban J connectivity index is 0.00000117. The molecule has 1 saturated heterocycles. The topological polar surface area (TPSA) is 77.7 Å². The molecule has 0 spiro atoms. The Morgan fingerprint density at radius 1 is 1.19 bits per heavy atom. The number of aromatic nitrogens is 1. The molecule has 2 aliphatic rings. The molecule has 2 N–H and O–H groups in total. The van der Waals surface area contributed by atoms with Crippen molar-refractivity contribution >= 4 is 11.9 Å². The normalized spacial score (nSPS) is 18.0. The molecule has 2 heterocycles. The molecular formula is C20H33N3O3. The quantitative estimate of drug-likeness (QED) is 0.864. The number of carbonyl (C=O) groups is 1. The lowest BCUT2D eigenvalue weighted by atomic mass is 9.90. The van der Waals surface area contributed by atoms with Crippen molar-refractivity contribution in [1.82, 2.24) is 9.88 Å². The average Bonchev–Trinajstić information content (AvgIpc) is 3.40. The first-order valence-electron chi connectivity index (χ1n) is 9.72. The van der Waals surface area contributed by atoms with Gasteiger partial charge in [-0.25, -0.2) is 9.78 Å². The molecule has 1 aromatic heterocycles. The summed E-state index contributed by atoms with van der Waals surface area (Å²) in [5.74, 6) is 1.69. The molecule has 0 unspecified atom stereocenters. The van der Waals surface area contributed by atoms with Crippen LogP contribution in [-0.2, 0) is 4.74 Å². The molecule has 3 rings (SSSR count). The van der Waals surface area contributed by atoms with E-state index in [9.17, 15) is 4.79 Å². The third-order valence-electron chi connectivity index (χ3n) is 4.32. The minimum absolute atomic E-state index is 0.231. The number of carbonyl (C=O) groups excluding carboxylic acids is 1. The molecule has 2 fully saturated rings. The Kier molecular flexibility index (Phi) is 6.73. The highest BCUT2D eigenvalue weighted by Gasteiger charge is 2.30. The second-order valence-electron chi connectivity index (χ2n) is 7.71. The van der Waals surface area contributed by atoms with Crippen molar-refractivity contribution in [3.8, 4) is 5.75 Å². The number of piperidine rings is 1. The van der Waals surface area contributed by atoms with Gasteiger partial charge in [-0.05, 0) is 52.4 Å². The van der Waals surface area contributed by atoms with E-state index in [4.69, 9.17) is 15.2 Å². The summed E-state index contributed by atoms with van der Waals surface area (Å²) in [7, 11) is 0. The first-order chi connectivity index (χ1) is 12.3. The largest absolute Gasteiger partial charge is 0.490 e. The summed E-state index contributed by atoms with van der Waals surface area (Å²) in [5, 5.41) is 0. The van der Waals surface area contributed by atoms with E-state index in [-0.39, 0.29) is 6.09 Å². The molecule has 6 heteroatoms. The Labute approximate surface area is 157 Å². The molecule has 1 aliphatic heterocycles. The van der Waals surface area contributed by atoms with Crippen molar-refractivity contribution in [2.45, 2.75) is 77.9 Å². The molecule has 0 radical (unpaired) electrons. The van der Waals surface area contributed by atoms with Crippen LogP contribution >= 0.6 is 0 Å². The number of amides is 1. The Morgan fingerprint density at radius 3 is 2.35 bits per heavy atom. The van der Waals surface area contributed by atoms with Gasteiger partial charge >= 0.3 is 6.09 Å². The van der Waals surface area contributed by atoms with Gasteiger partial charge < -0.3 is 20.1 Å². The zero-order valence-corrected chi connectivity index (χ0v) is 16.7. The maximum absolute atomic E-state index is 12.2. The number of likely N-dealkylation sites (tertiary alicyclic amines) is 1. The van der Waals surface area contributed by atoms with Gasteiger partial charge in [0.2, 0.25) is 0 Å². The van der Waals surface area contributed by atoms with Gasteiger partial charge in [0.1, 0.15) is 17.2 Å². The molecule has 26 heavy (non-hydrogen) atoms. The molecule has 1 aliphatic carbocycles. The van der Waals surface area contributed by atoms with E-state index in [1.165, 1.54) is 0 Å². The van der Waals surface area contributed by atoms with E-state index in [0.29, 0.717) is 30.9 Å². The van der Waals surface area contributed by atoms with Crippen molar-refractivity contribution in [2.75, 3.05) is 18.8 Å².